The highest BCUT2D eigenvalue weighted by Crippen LogP contribution is 2.27. The quantitative estimate of drug-likeness (QED) is 0.831. The summed E-state index contributed by atoms with van der Waals surface area (Å²) in [4.78, 5) is 6.93. The molecule has 0 atom stereocenters. The van der Waals surface area contributed by atoms with Gasteiger partial charge in [0, 0.05) is 24.4 Å². The zero-order chi connectivity index (χ0) is 15.2. The Morgan fingerprint density at radius 3 is 2.71 bits per heavy atom. The molecule has 0 fully saturated rings. The second-order valence-electron chi connectivity index (χ2n) is 4.58. The molecule has 1 heterocycles. The molecule has 0 radical (unpaired) electrons. The van der Waals surface area contributed by atoms with Gasteiger partial charge in [-0.1, -0.05) is 18.3 Å². The molecule has 21 heavy (non-hydrogen) atoms. The van der Waals surface area contributed by atoms with Gasteiger partial charge in [-0.2, -0.15) is 0 Å². The molecule has 110 valence electrons. The third-order valence-electron chi connectivity index (χ3n) is 3.27. The number of hydrogen-bond acceptors (Lipinski definition) is 4. The van der Waals surface area contributed by atoms with Crippen LogP contribution in [-0.4, -0.2) is 23.6 Å². The number of thiocarbonyl (C=S) groups is 1. The topological polar surface area (TPSA) is 51.4 Å². The SMILES string of the molecule is CCN(Cc1ccccn1)c1cc(OC)ccc1C(N)=S. The van der Waals surface area contributed by atoms with E-state index < -0.39 is 0 Å². The number of ether oxygens (including phenoxy) is 1. The number of methoxy groups -OCH3 is 1. The molecule has 0 bridgehead atoms. The van der Waals surface area contributed by atoms with Crippen LogP contribution in [0.2, 0.25) is 0 Å². The van der Waals surface area contributed by atoms with Crippen LogP contribution in [0.3, 0.4) is 0 Å². The Morgan fingerprint density at radius 1 is 1.33 bits per heavy atom. The van der Waals surface area contributed by atoms with Crippen molar-refractivity contribution in [2.75, 3.05) is 18.6 Å². The van der Waals surface area contributed by atoms with E-state index in [0.717, 1.165) is 29.2 Å². The Kier molecular flexibility index (Phi) is 5.11. The molecule has 0 aliphatic carbocycles. The van der Waals surface area contributed by atoms with Crippen molar-refractivity contribution in [2.45, 2.75) is 13.5 Å². The standard InChI is InChI=1S/C16H19N3OS/c1-3-19(11-12-6-4-5-9-18-12)15-10-13(20-2)7-8-14(15)16(17)21/h4-10H,3,11H2,1-2H3,(H2,17,21). The van der Waals surface area contributed by atoms with Gasteiger partial charge in [-0.25, -0.2) is 0 Å². The summed E-state index contributed by atoms with van der Waals surface area (Å²) >= 11 is 5.16. The van der Waals surface area contributed by atoms with Gasteiger partial charge in [0.15, 0.2) is 0 Å². The lowest BCUT2D eigenvalue weighted by Gasteiger charge is -2.25. The summed E-state index contributed by atoms with van der Waals surface area (Å²) in [6.45, 7) is 3.60. The summed E-state index contributed by atoms with van der Waals surface area (Å²) in [5.74, 6) is 0.782. The second-order valence-corrected chi connectivity index (χ2v) is 5.02. The fourth-order valence-electron chi connectivity index (χ4n) is 2.16. The molecule has 2 aromatic rings. The van der Waals surface area contributed by atoms with Crippen molar-refractivity contribution in [1.82, 2.24) is 4.98 Å². The fraction of sp³-hybridized carbons (Fsp3) is 0.250. The molecule has 0 saturated heterocycles. The van der Waals surface area contributed by atoms with E-state index in [0.29, 0.717) is 11.5 Å². The van der Waals surface area contributed by atoms with Gasteiger partial charge in [-0.15, -0.1) is 0 Å². The first-order valence-corrected chi connectivity index (χ1v) is 7.19. The molecule has 4 nitrogen and oxygen atoms in total. The zero-order valence-corrected chi connectivity index (χ0v) is 13.1. The van der Waals surface area contributed by atoms with Gasteiger partial charge in [0.2, 0.25) is 0 Å². The summed E-state index contributed by atoms with van der Waals surface area (Å²) in [6.07, 6.45) is 1.79. The van der Waals surface area contributed by atoms with E-state index in [1.807, 2.05) is 36.4 Å². The van der Waals surface area contributed by atoms with Crippen LogP contribution in [0.1, 0.15) is 18.2 Å². The maximum atomic E-state index is 5.84. The average molecular weight is 301 g/mol. The first-order chi connectivity index (χ1) is 10.2. The molecule has 2 N–H and O–H groups in total. The summed E-state index contributed by atoms with van der Waals surface area (Å²) in [5.41, 5.74) is 8.65. The molecule has 1 aromatic heterocycles. The zero-order valence-electron chi connectivity index (χ0n) is 12.2. The van der Waals surface area contributed by atoms with E-state index in [1.54, 1.807) is 13.3 Å². The van der Waals surface area contributed by atoms with E-state index >= 15 is 0 Å². The molecular weight excluding hydrogens is 282 g/mol. The van der Waals surface area contributed by atoms with E-state index in [-0.39, 0.29) is 0 Å². The van der Waals surface area contributed by atoms with Gasteiger partial charge in [-0.3, -0.25) is 4.98 Å². The molecule has 0 aliphatic heterocycles. The number of pyridine rings is 1. The number of nitrogens with zero attached hydrogens (tertiary/aromatic N) is 2. The minimum Gasteiger partial charge on any atom is -0.497 e. The summed E-state index contributed by atoms with van der Waals surface area (Å²) in [7, 11) is 1.65. The lowest BCUT2D eigenvalue weighted by molar-refractivity contribution is 0.414. The average Bonchev–Trinajstić information content (AvgIpc) is 2.52. The number of rotatable bonds is 6. The Bertz CT molecular complexity index is 616. The van der Waals surface area contributed by atoms with Gasteiger partial charge < -0.3 is 15.4 Å². The monoisotopic (exact) mass is 301 g/mol. The molecule has 0 saturated carbocycles. The van der Waals surface area contributed by atoms with Gasteiger partial charge in [0.1, 0.15) is 10.7 Å². The van der Waals surface area contributed by atoms with E-state index in [1.165, 1.54) is 0 Å². The van der Waals surface area contributed by atoms with Crippen LogP contribution in [0.25, 0.3) is 0 Å². The first-order valence-electron chi connectivity index (χ1n) is 6.78. The molecule has 0 aliphatic rings. The van der Waals surface area contributed by atoms with Crippen molar-refractivity contribution in [3.8, 4) is 5.75 Å². The Morgan fingerprint density at radius 2 is 2.14 bits per heavy atom. The minimum atomic E-state index is 0.382. The molecule has 5 heteroatoms. The van der Waals surface area contributed by atoms with Crippen LogP contribution in [0, 0.1) is 0 Å². The normalized spacial score (nSPS) is 10.2. The van der Waals surface area contributed by atoms with Crippen molar-refractivity contribution in [2.24, 2.45) is 5.73 Å². The van der Waals surface area contributed by atoms with Crippen LogP contribution < -0.4 is 15.4 Å². The Hall–Kier alpha value is -2.14. The van der Waals surface area contributed by atoms with Crippen LogP contribution in [0.5, 0.6) is 5.75 Å². The first kappa shape index (κ1) is 15.3. The third-order valence-corrected chi connectivity index (χ3v) is 3.49. The van der Waals surface area contributed by atoms with Crippen LogP contribution >= 0.6 is 12.2 Å². The predicted molar refractivity (Wildman–Crippen MR) is 89.8 cm³/mol. The molecule has 0 amide bonds. The van der Waals surface area contributed by atoms with Crippen molar-refractivity contribution in [3.63, 3.8) is 0 Å². The number of nitrogens with two attached hydrogens (primary N) is 1. The number of benzene rings is 1. The highest BCUT2D eigenvalue weighted by molar-refractivity contribution is 7.80. The largest absolute Gasteiger partial charge is 0.497 e. The predicted octanol–water partition coefficient (Wildman–Crippen LogP) is 2.75. The summed E-state index contributed by atoms with van der Waals surface area (Å²) < 4.78 is 5.31. The number of anilines is 1. The maximum Gasteiger partial charge on any atom is 0.120 e. The third kappa shape index (κ3) is 3.70. The Labute approximate surface area is 130 Å². The van der Waals surface area contributed by atoms with Gasteiger partial charge >= 0.3 is 0 Å². The van der Waals surface area contributed by atoms with E-state index in [2.05, 4.69) is 16.8 Å². The van der Waals surface area contributed by atoms with Crippen molar-refractivity contribution in [1.29, 1.82) is 0 Å². The molecule has 1 aromatic carbocycles. The summed E-state index contributed by atoms with van der Waals surface area (Å²) in [6, 6.07) is 11.6. The van der Waals surface area contributed by atoms with E-state index in [4.69, 9.17) is 22.7 Å². The van der Waals surface area contributed by atoms with E-state index in [9.17, 15) is 0 Å². The second kappa shape index (κ2) is 7.04. The molecule has 0 unspecified atom stereocenters. The van der Waals surface area contributed by atoms with Crippen LogP contribution in [0.15, 0.2) is 42.6 Å². The molecule has 2 rings (SSSR count). The maximum absolute atomic E-state index is 5.84. The van der Waals surface area contributed by atoms with Crippen molar-refractivity contribution >= 4 is 22.9 Å². The fourth-order valence-corrected chi connectivity index (χ4v) is 2.34. The number of hydrogen-bond donors (Lipinski definition) is 1. The van der Waals surface area contributed by atoms with Crippen LogP contribution in [0.4, 0.5) is 5.69 Å². The minimum absolute atomic E-state index is 0.382. The lowest BCUT2D eigenvalue weighted by Crippen LogP contribution is -2.26. The van der Waals surface area contributed by atoms with Crippen LogP contribution in [-0.2, 0) is 6.54 Å². The molecule has 0 spiro atoms. The van der Waals surface area contributed by atoms with Crippen molar-refractivity contribution in [3.05, 3.63) is 53.9 Å². The highest BCUT2D eigenvalue weighted by atomic mass is 32.1. The Balaban J connectivity index is 2.38. The molecular formula is C16H19N3OS. The number of aromatic nitrogens is 1. The smallest absolute Gasteiger partial charge is 0.120 e. The highest BCUT2D eigenvalue weighted by Gasteiger charge is 2.14. The van der Waals surface area contributed by atoms with Gasteiger partial charge in [-0.05, 0) is 31.2 Å². The van der Waals surface area contributed by atoms with Gasteiger partial charge in [0.05, 0.1) is 25.0 Å². The van der Waals surface area contributed by atoms with Gasteiger partial charge in [0.25, 0.3) is 0 Å². The lowest BCUT2D eigenvalue weighted by atomic mass is 10.1. The van der Waals surface area contributed by atoms with Crippen molar-refractivity contribution < 1.29 is 4.74 Å². The summed E-state index contributed by atoms with van der Waals surface area (Å²) in [5, 5.41) is 0.